The first-order valence-corrected chi connectivity index (χ1v) is 7.74. The van der Waals surface area contributed by atoms with Crippen LogP contribution in [0.3, 0.4) is 0 Å². The van der Waals surface area contributed by atoms with Crippen LogP contribution in [0.2, 0.25) is 0 Å². The first-order valence-electron chi connectivity index (χ1n) is 7.74. The number of fused-ring (bicyclic) bond motifs is 1. The van der Waals surface area contributed by atoms with Crippen LogP contribution < -0.4 is 4.90 Å². The molecule has 122 valence electrons. The molecule has 3 aromatic heterocycles. The molecule has 0 atom stereocenters. The number of rotatable bonds is 4. The number of nitrogens with one attached hydrogen (secondary N) is 3. The van der Waals surface area contributed by atoms with Gasteiger partial charge in [-0.25, -0.2) is 15.0 Å². The van der Waals surface area contributed by atoms with Gasteiger partial charge in [-0.1, -0.05) is 0 Å². The average Bonchev–Trinajstić information content (AvgIpc) is 3.27. The SMILES string of the molecule is N=C/C=C\c1ncc(-c2c[nH]c3ncnc(N4CCOCC4)c23)[nH]1. The Balaban J connectivity index is 1.79. The maximum absolute atomic E-state index is 7.06. The molecule has 1 aliphatic heterocycles. The van der Waals surface area contributed by atoms with E-state index in [0.29, 0.717) is 19.0 Å². The minimum absolute atomic E-state index is 0.702. The van der Waals surface area contributed by atoms with E-state index < -0.39 is 0 Å². The number of nitrogens with zero attached hydrogens (tertiary/aromatic N) is 4. The van der Waals surface area contributed by atoms with Gasteiger partial charge in [-0.3, -0.25) is 0 Å². The van der Waals surface area contributed by atoms with Crippen molar-refractivity contribution < 1.29 is 4.74 Å². The number of morpholine rings is 1. The van der Waals surface area contributed by atoms with E-state index in [0.717, 1.165) is 41.2 Å². The van der Waals surface area contributed by atoms with Crippen molar-refractivity contribution in [1.82, 2.24) is 24.9 Å². The van der Waals surface area contributed by atoms with Gasteiger partial charge in [-0.05, 0) is 12.2 Å². The lowest BCUT2D eigenvalue weighted by molar-refractivity contribution is 0.122. The molecule has 0 aromatic carbocycles. The van der Waals surface area contributed by atoms with Gasteiger partial charge in [0.1, 0.15) is 23.6 Å². The summed E-state index contributed by atoms with van der Waals surface area (Å²) in [5.41, 5.74) is 2.66. The first kappa shape index (κ1) is 14.6. The van der Waals surface area contributed by atoms with E-state index >= 15 is 0 Å². The van der Waals surface area contributed by atoms with Crippen molar-refractivity contribution in [3.63, 3.8) is 0 Å². The number of allylic oxidation sites excluding steroid dienone is 1. The number of aromatic nitrogens is 5. The highest BCUT2D eigenvalue weighted by atomic mass is 16.5. The zero-order chi connectivity index (χ0) is 16.4. The predicted molar refractivity (Wildman–Crippen MR) is 92.3 cm³/mol. The molecule has 0 spiro atoms. The fourth-order valence-electron chi connectivity index (χ4n) is 2.87. The number of hydrogen-bond acceptors (Lipinski definition) is 6. The van der Waals surface area contributed by atoms with E-state index in [1.54, 1.807) is 24.7 Å². The van der Waals surface area contributed by atoms with Crippen LogP contribution in [0, 0.1) is 5.41 Å². The fraction of sp³-hybridized carbons (Fsp3) is 0.250. The summed E-state index contributed by atoms with van der Waals surface area (Å²) >= 11 is 0. The minimum Gasteiger partial charge on any atom is -0.378 e. The molecule has 24 heavy (non-hydrogen) atoms. The average molecular weight is 323 g/mol. The van der Waals surface area contributed by atoms with Crippen LogP contribution in [-0.2, 0) is 4.74 Å². The quantitative estimate of drug-likeness (QED) is 0.635. The Morgan fingerprint density at radius 2 is 2.08 bits per heavy atom. The van der Waals surface area contributed by atoms with E-state index in [1.165, 1.54) is 6.21 Å². The molecule has 8 heteroatoms. The molecule has 0 bridgehead atoms. The maximum Gasteiger partial charge on any atom is 0.143 e. The smallest absolute Gasteiger partial charge is 0.143 e. The van der Waals surface area contributed by atoms with E-state index in [2.05, 4.69) is 29.8 Å². The van der Waals surface area contributed by atoms with Crippen LogP contribution >= 0.6 is 0 Å². The van der Waals surface area contributed by atoms with Crippen LogP contribution in [0.25, 0.3) is 28.4 Å². The Morgan fingerprint density at radius 1 is 1.21 bits per heavy atom. The zero-order valence-corrected chi connectivity index (χ0v) is 13.0. The maximum atomic E-state index is 7.06. The highest BCUT2D eigenvalue weighted by Crippen LogP contribution is 2.33. The second kappa shape index (κ2) is 6.25. The van der Waals surface area contributed by atoms with Gasteiger partial charge >= 0.3 is 0 Å². The summed E-state index contributed by atoms with van der Waals surface area (Å²) in [5, 5.41) is 8.03. The number of H-pyrrole nitrogens is 2. The van der Waals surface area contributed by atoms with Gasteiger partial charge in [0, 0.05) is 31.1 Å². The summed E-state index contributed by atoms with van der Waals surface area (Å²) < 4.78 is 5.44. The molecule has 8 nitrogen and oxygen atoms in total. The van der Waals surface area contributed by atoms with Crippen molar-refractivity contribution in [3.05, 3.63) is 30.6 Å². The fourth-order valence-corrected chi connectivity index (χ4v) is 2.87. The summed E-state index contributed by atoms with van der Waals surface area (Å²) in [5.74, 6) is 1.61. The zero-order valence-electron chi connectivity index (χ0n) is 13.0. The minimum atomic E-state index is 0.702. The Kier molecular flexibility index (Phi) is 3.80. The lowest BCUT2D eigenvalue weighted by atomic mass is 10.1. The van der Waals surface area contributed by atoms with Crippen molar-refractivity contribution >= 4 is 29.1 Å². The summed E-state index contributed by atoms with van der Waals surface area (Å²) in [7, 11) is 0. The molecule has 0 unspecified atom stereocenters. The number of ether oxygens (including phenoxy) is 1. The molecule has 3 N–H and O–H groups in total. The van der Waals surface area contributed by atoms with Gasteiger partial charge in [0.15, 0.2) is 0 Å². The van der Waals surface area contributed by atoms with E-state index in [1.807, 2.05) is 6.20 Å². The topological polar surface area (TPSA) is 107 Å². The molecule has 1 saturated heterocycles. The number of hydrogen-bond donors (Lipinski definition) is 3. The molecule has 3 aromatic rings. The number of anilines is 1. The second-order valence-electron chi connectivity index (χ2n) is 5.43. The molecule has 0 aliphatic carbocycles. The van der Waals surface area contributed by atoms with E-state index in [4.69, 9.17) is 10.1 Å². The van der Waals surface area contributed by atoms with Gasteiger partial charge in [0.2, 0.25) is 0 Å². The lowest BCUT2D eigenvalue weighted by Crippen LogP contribution is -2.36. The Morgan fingerprint density at radius 3 is 2.92 bits per heavy atom. The van der Waals surface area contributed by atoms with Gasteiger partial charge in [0.05, 0.1) is 30.5 Å². The van der Waals surface area contributed by atoms with Crippen molar-refractivity contribution in [1.29, 1.82) is 5.41 Å². The molecule has 1 aliphatic rings. The number of imidazole rings is 1. The predicted octanol–water partition coefficient (Wildman–Crippen LogP) is 1.85. The van der Waals surface area contributed by atoms with E-state index in [9.17, 15) is 0 Å². The summed E-state index contributed by atoms with van der Waals surface area (Å²) in [6, 6.07) is 0. The third-order valence-corrected chi connectivity index (χ3v) is 4.00. The Bertz CT molecular complexity index is 889. The first-order chi connectivity index (χ1) is 11.9. The van der Waals surface area contributed by atoms with Crippen LogP contribution in [-0.4, -0.2) is 57.4 Å². The van der Waals surface area contributed by atoms with Gasteiger partial charge in [-0.15, -0.1) is 0 Å². The third kappa shape index (κ3) is 2.56. The second-order valence-corrected chi connectivity index (χ2v) is 5.43. The van der Waals surface area contributed by atoms with Crippen LogP contribution in [0.15, 0.2) is 24.8 Å². The molecular weight excluding hydrogens is 306 g/mol. The lowest BCUT2D eigenvalue weighted by Gasteiger charge is -2.28. The van der Waals surface area contributed by atoms with Crippen LogP contribution in [0.1, 0.15) is 5.82 Å². The molecule has 1 fully saturated rings. The normalized spacial score (nSPS) is 15.4. The van der Waals surface area contributed by atoms with Crippen molar-refractivity contribution in [3.8, 4) is 11.3 Å². The molecule has 0 saturated carbocycles. The van der Waals surface area contributed by atoms with Gasteiger partial charge in [0.25, 0.3) is 0 Å². The molecule has 0 amide bonds. The Labute approximate surface area is 138 Å². The standard InChI is InChI=1S/C16H17N7O/c17-3-1-2-13-18-9-12(22-13)11-8-19-15-14(11)16(21-10-20-15)23-4-6-24-7-5-23/h1-3,8-10,17H,4-7H2,(H,18,22)(H,19,20,21)/b2-1-,17-3?. The highest BCUT2D eigenvalue weighted by molar-refractivity contribution is 6.00. The summed E-state index contributed by atoms with van der Waals surface area (Å²) in [6.45, 7) is 3.03. The molecular formula is C16H17N7O. The largest absolute Gasteiger partial charge is 0.378 e. The van der Waals surface area contributed by atoms with E-state index in [-0.39, 0.29) is 0 Å². The Hall–Kier alpha value is -3.00. The van der Waals surface area contributed by atoms with Crippen molar-refractivity contribution in [2.45, 2.75) is 0 Å². The van der Waals surface area contributed by atoms with Gasteiger partial charge < -0.3 is 25.0 Å². The summed E-state index contributed by atoms with van der Waals surface area (Å²) in [4.78, 5) is 21.8. The van der Waals surface area contributed by atoms with Crippen molar-refractivity contribution in [2.24, 2.45) is 0 Å². The number of aromatic amines is 2. The monoisotopic (exact) mass is 323 g/mol. The van der Waals surface area contributed by atoms with Gasteiger partial charge in [-0.2, -0.15) is 0 Å². The third-order valence-electron chi connectivity index (χ3n) is 4.00. The molecule has 4 heterocycles. The van der Waals surface area contributed by atoms with Crippen LogP contribution in [0.5, 0.6) is 0 Å². The molecule has 0 radical (unpaired) electrons. The van der Waals surface area contributed by atoms with Crippen molar-refractivity contribution in [2.75, 3.05) is 31.2 Å². The van der Waals surface area contributed by atoms with Crippen LogP contribution in [0.4, 0.5) is 5.82 Å². The highest BCUT2D eigenvalue weighted by Gasteiger charge is 2.20. The summed E-state index contributed by atoms with van der Waals surface area (Å²) in [6.07, 6.45) is 9.88. The molecule has 4 rings (SSSR count).